The summed E-state index contributed by atoms with van der Waals surface area (Å²) in [5.74, 6) is -3.45. The van der Waals surface area contributed by atoms with Crippen LogP contribution < -0.4 is 4.72 Å². The van der Waals surface area contributed by atoms with Gasteiger partial charge in [0.2, 0.25) is 0 Å². The quantitative estimate of drug-likeness (QED) is 0.655. The van der Waals surface area contributed by atoms with Gasteiger partial charge in [0.05, 0.1) is 6.61 Å². The van der Waals surface area contributed by atoms with Gasteiger partial charge in [0.25, 0.3) is 10.0 Å². The third-order valence-corrected chi connectivity index (χ3v) is 2.41. The van der Waals surface area contributed by atoms with Crippen LogP contribution >= 0.6 is 0 Å². The van der Waals surface area contributed by atoms with Crippen LogP contribution in [0.25, 0.3) is 0 Å². The van der Waals surface area contributed by atoms with Crippen LogP contribution in [0.5, 0.6) is 0 Å². The zero-order valence-corrected chi connectivity index (χ0v) is 7.31. The smallest absolute Gasteiger partial charge is 0.350 e. The normalized spacial score (nSPS) is 15.1. The molecule has 0 amide bonds. The number of rotatable bonds is 5. The summed E-state index contributed by atoms with van der Waals surface area (Å²) in [7, 11) is -4.56. The Hall–Kier alpha value is -0.270. The molecule has 1 atom stereocenters. The summed E-state index contributed by atoms with van der Waals surface area (Å²) in [5, 5.41) is 8.50. The van der Waals surface area contributed by atoms with Gasteiger partial charge in [-0.1, -0.05) is 6.92 Å². The number of halogens is 2. The van der Waals surface area contributed by atoms with E-state index >= 15 is 0 Å². The van der Waals surface area contributed by atoms with Crippen LogP contribution in [0.15, 0.2) is 0 Å². The molecule has 0 radical (unpaired) electrons. The molecule has 0 aliphatic rings. The number of hydrogen-bond acceptors (Lipinski definition) is 3. The molecule has 12 heavy (non-hydrogen) atoms. The molecule has 0 unspecified atom stereocenters. The number of alkyl halides is 2. The lowest BCUT2D eigenvalue weighted by Crippen LogP contribution is -2.39. The third kappa shape index (κ3) is 3.42. The van der Waals surface area contributed by atoms with Crippen LogP contribution in [0.2, 0.25) is 0 Å². The van der Waals surface area contributed by atoms with E-state index in [1.54, 1.807) is 11.6 Å². The van der Waals surface area contributed by atoms with Gasteiger partial charge in [-0.05, 0) is 6.42 Å². The van der Waals surface area contributed by atoms with Crippen LogP contribution in [-0.2, 0) is 10.0 Å². The maximum atomic E-state index is 11.7. The second-order valence-electron chi connectivity index (χ2n) is 2.21. The van der Waals surface area contributed by atoms with Crippen molar-refractivity contribution in [3.05, 3.63) is 0 Å². The van der Waals surface area contributed by atoms with Crippen molar-refractivity contribution in [2.45, 2.75) is 25.1 Å². The summed E-state index contributed by atoms with van der Waals surface area (Å²) < 4.78 is 46.1. The van der Waals surface area contributed by atoms with Gasteiger partial charge in [0, 0.05) is 6.04 Å². The maximum Gasteiger partial charge on any atom is 0.350 e. The van der Waals surface area contributed by atoms with Crippen molar-refractivity contribution >= 4 is 10.0 Å². The minimum atomic E-state index is -4.56. The molecule has 0 heterocycles. The Balaban J connectivity index is 4.23. The first-order valence-corrected chi connectivity index (χ1v) is 4.88. The number of aliphatic hydroxyl groups excluding tert-OH is 1. The van der Waals surface area contributed by atoms with Gasteiger partial charge in [-0.3, -0.25) is 0 Å². The molecule has 0 aromatic heterocycles. The van der Waals surface area contributed by atoms with Crippen molar-refractivity contribution in [3.63, 3.8) is 0 Å². The lowest BCUT2D eigenvalue weighted by molar-refractivity contribution is 0.223. The Morgan fingerprint density at radius 2 is 2.00 bits per heavy atom. The molecule has 0 aromatic carbocycles. The standard InChI is InChI=1S/C5H11F2NO3S/c1-2-4(3-9)8-12(10,11)5(6)7/h4-5,8-9H,2-3H2,1H3/t4-/m0/s1. The van der Waals surface area contributed by atoms with Crippen molar-refractivity contribution in [1.29, 1.82) is 0 Å². The van der Waals surface area contributed by atoms with E-state index in [4.69, 9.17) is 5.11 Å². The first-order valence-electron chi connectivity index (χ1n) is 3.34. The Morgan fingerprint density at radius 3 is 2.25 bits per heavy atom. The Bertz CT molecular complexity index is 213. The number of nitrogens with one attached hydrogen (secondary N) is 1. The molecule has 0 spiro atoms. The van der Waals surface area contributed by atoms with E-state index in [2.05, 4.69) is 0 Å². The van der Waals surface area contributed by atoms with Crippen LogP contribution in [0.3, 0.4) is 0 Å². The van der Waals surface area contributed by atoms with Crippen molar-refractivity contribution in [1.82, 2.24) is 4.72 Å². The highest BCUT2D eigenvalue weighted by molar-refractivity contribution is 7.89. The van der Waals surface area contributed by atoms with Gasteiger partial charge < -0.3 is 5.11 Å². The third-order valence-electron chi connectivity index (χ3n) is 1.28. The molecule has 0 bridgehead atoms. The highest BCUT2D eigenvalue weighted by Gasteiger charge is 2.26. The topological polar surface area (TPSA) is 66.4 Å². The van der Waals surface area contributed by atoms with Crippen molar-refractivity contribution in [2.75, 3.05) is 6.61 Å². The average Bonchev–Trinajstić information content (AvgIpc) is 2.00. The maximum absolute atomic E-state index is 11.7. The van der Waals surface area contributed by atoms with E-state index in [9.17, 15) is 17.2 Å². The largest absolute Gasteiger partial charge is 0.395 e. The average molecular weight is 203 g/mol. The molecule has 0 aliphatic carbocycles. The van der Waals surface area contributed by atoms with Crippen molar-refractivity contribution < 1.29 is 22.3 Å². The zero-order chi connectivity index (χ0) is 9.78. The summed E-state index contributed by atoms with van der Waals surface area (Å²) in [5.41, 5.74) is 0. The number of hydrogen-bond donors (Lipinski definition) is 2. The lowest BCUT2D eigenvalue weighted by atomic mass is 10.3. The predicted molar refractivity (Wildman–Crippen MR) is 39.2 cm³/mol. The minimum Gasteiger partial charge on any atom is -0.395 e. The summed E-state index contributed by atoms with van der Waals surface area (Å²) in [6.45, 7) is 1.09. The van der Waals surface area contributed by atoms with Crippen LogP contribution in [-0.4, -0.2) is 31.9 Å². The SMILES string of the molecule is CC[C@@H](CO)NS(=O)(=O)C(F)F. The summed E-state index contributed by atoms with van der Waals surface area (Å²) >= 11 is 0. The first kappa shape index (κ1) is 11.7. The molecular weight excluding hydrogens is 192 g/mol. The molecule has 0 saturated heterocycles. The summed E-state index contributed by atoms with van der Waals surface area (Å²) in [6.07, 6.45) is 0.266. The fourth-order valence-corrected chi connectivity index (χ4v) is 1.34. The molecule has 0 rings (SSSR count). The van der Waals surface area contributed by atoms with E-state index < -0.39 is 28.4 Å². The van der Waals surface area contributed by atoms with Crippen molar-refractivity contribution in [2.24, 2.45) is 0 Å². The second-order valence-corrected chi connectivity index (χ2v) is 3.89. The Labute approximate surface area is 69.6 Å². The molecule has 2 N–H and O–H groups in total. The highest BCUT2D eigenvalue weighted by Crippen LogP contribution is 2.03. The van der Waals surface area contributed by atoms with Gasteiger partial charge in [-0.25, -0.2) is 13.1 Å². The zero-order valence-electron chi connectivity index (χ0n) is 6.50. The number of sulfonamides is 1. The Morgan fingerprint density at radius 1 is 1.50 bits per heavy atom. The lowest BCUT2D eigenvalue weighted by Gasteiger charge is -2.13. The van der Waals surface area contributed by atoms with Gasteiger partial charge in [-0.2, -0.15) is 8.78 Å². The van der Waals surface area contributed by atoms with Gasteiger partial charge in [-0.15, -0.1) is 0 Å². The van der Waals surface area contributed by atoms with E-state index in [1.807, 2.05) is 0 Å². The summed E-state index contributed by atoms with van der Waals surface area (Å²) in [4.78, 5) is 0. The molecule has 7 heteroatoms. The Kier molecular flexibility index (Phi) is 4.58. The molecule has 0 aliphatic heterocycles. The first-order chi connectivity index (χ1) is 5.44. The summed E-state index contributed by atoms with van der Waals surface area (Å²) in [6, 6.07) is -0.830. The molecule has 0 saturated carbocycles. The monoisotopic (exact) mass is 203 g/mol. The van der Waals surface area contributed by atoms with E-state index in [0.717, 1.165) is 0 Å². The predicted octanol–water partition coefficient (Wildman–Crippen LogP) is -0.101. The van der Waals surface area contributed by atoms with Crippen LogP contribution in [0.1, 0.15) is 13.3 Å². The molecule has 0 fully saturated rings. The highest BCUT2D eigenvalue weighted by atomic mass is 32.2. The van der Waals surface area contributed by atoms with Crippen LogP contribution in [0, 0.1) is 0 Å². The fourth-order valence-electron chi connectivity index (χ4n) is 0.533. The molecular formula is C5H11F2NO3S. The van der Waals surface area contributed by atoms with Gasteiger partial charge >= 0.3 is 5.76 Å². The fraction of sp³-hybridized carbons (Fsp3) is 1.00. The van der Waals surface area contributed by atoms with Gasteiger partial charge in [0.15, 0.2) is 0 Å². The molecule has 0 aromatic rings. The van der Waals surface area contributed by atoms with E-state index in [1.165, 1.54) is 0 Å². The van der Waals surface area contributed by atoms with Crippen molar-refractivity contribution in [3.8, 4) is 0 Å². The minimum absolute atomic E-state index is 0.266. The molecule has 74 valence electrons. The van der Waals surface area contributed by atoms with E-state index in [0.29, 0.717) is 0 Å². The molecule has 4 nitrogen and oxygen atoms in total. The van der Waals surface area contributed by atoms with E-state index in [-0.39, 0.29) is 6.42 Å². The van der Waals surface area contributed by atoms with Crippen LogP contribution in [0.4, 0.5) is 8.78 Å². The second kappa shape index (κ2) is 4.68. The van der Waals surface area contributed by atoms with Gasteiger partial charge in [0.1, 0.15) is 0 Å². The number of aliphatic hydroxyl groups is 1.